The maximum absolute atomic E-state index is 12.5. The maximum atomic E-state index is 12.5. The average molecular weight is 228 g/mol. The van der Waals surface area contributed by atoms with E-state index in [1.54, 1.807) is 0 Å². The van der Waals surface area contributed by atoms with Crippen molar-refractivity contribution in [3.63, 3.8) is 0 Å². The van der Waals surface area contributed by atoms with Crippen LogP contribution in [0, 0.1) is 5.82 Å². The number of anilines is 1. The van der Waals surface area contributed by atoms with Crippen LogP contribution in [-0.4, -0.2) is 18.3 Å². The molecule has 0 aliphatic carbocycles. The lowest BCUT2D eigenvalue weighted by Crippen LogP contribution is -2.33. The van der Waals surface area contributed by atoms with Crippen LogP contribution in [-0.2, 0) is 4.74 Å². The molecule has 1 rings (SSSR count). The molecule has 0 spiro atoms. The Kier molecular flexibility index (Phi) is 3.99. The second kappa shape index (κ2) is 5.26. The molecule has 1 aromatic carbocycles. The zero-order valence-electron chi connectivity index (χ0n) is 7.91. The summed E-state index contributed by atoms with van der Waals surface area (Å²) in [5, 5.41) is 5.04. The van der Waals surface area contributed by atoms with Crippen molar-refractivity contribution in [1.82, 2.24) is 5.32 Å². The molecule has 0 radical (unpaired) electrons. The Hall–Kier alpha value is -1.69. The van der Waals surface area contributed by atoms with Crippen molar-refractivity contribution in [2.24, 2.45) is 0 Å². The van der Waals surface area contributed by atoms with Crippen molar-refractivity contribution in [3.8, 4) is 0 Å². The lowest BCUT2D eigenvalue weighted by Gasteiger charge is -2.07. The number of rotatable bonds is 1. The first-order valence-electron chi connectivity index (χ1n) is 4.03. The second-order valence-electron chi connectivity index (χ2n) is 2.58. The average Bonchev–Trinajstić information content (AvgIpc) is 2.21. The standard InChI is InChI=1S/C9H9FN2O2S/c1-14-9(13)12-8(15)11-7-4-2-6(10)3-5-7/h2-5H,1H3,(H2,11,12,13,15). The van der Waals surface area contributed by atoms with Gasteiger partial charge < -0.3 is 10.1 Å². The monoisotopic (exact) mass is 228 g/mol. The molecule has 80 valence electrons. The smallest absolute Gasteiger partial charge is 0.413 e. The second-order valence-corrected chi connectivity index (χ2v) is 2.99. The zero-order valence-corrected chi connectivity index (χ0v) is 8.73. The summed E-state index contributed by atoms with van der Waals surface area (Å²) in [7, 11) is 1.23. The topological polar surface area (TPSA) is 50.4 Å². The maximum Gasteiger partial charge on any atom is 0.413 e. The quantitative estimate of drug-likeness (QED) is 0.720. The van der Waals surface area contributed by atoms with Gasteiger partial charge in [-0.2, -0.15) is 0 Å². The Morgan fingerprint density at radius 1 is 1.40 bits per heavy atom. The molecule has 0 aliphatic rings. The molecule has 0 fully saturated rings. The minimum Gasteiger partial charge on any atom is -0.453 e. The summed E-state index contributed by atoms with van der Waals surface area (Å²) in [6.07, 6.45) is -0.658. The molecule has 0 atom stereocenters. The summed E-state index contributed by atoms with van der Waals surface area (Å²) < 4.78 is 16.9. The summed E-state index contributed by atoms with van der Waals surface area (Å²) in [6.45, 7) is 0. The lowest BCUT2D eigenvalue weighted by atomic mass is 10.3. The minimum atomic E-state index is -0.658. The molecule has 0 heterocycles. The molecule has 0 saturated carbocycles. The summed E-state index contributed by atoms with van der Waals surface area (Å²) in [5.41, 5.74) is 0.581. The van der Waals surface area contributed by atoms with E-state index in [2.05, 4.69) is 15.4 Å². The number of nitrogens with one attached hydrogen (secondary N) is 2. The third-order valence-corrected chi connectivity index (χ3v) is 1.71. The summed E-state index contributed by atoms with van der Waals surface area (Å²) in [5.74, 6) is -0.340. The number of methoxy groups -OCH3 is 1. The van der Waals surface area contributed by atoms with E-state index in [9.17, 15) is 9.18 Å². The Bertz CT molecular complexity index is 367. The van der Waals surface area contributed by atoms with Gasteiger partial charge in [-0.25, -0.2) is 9.18 Å². The van der Waals surface area contributed by atoms with Crippen molar-refractivity contribution < 1.29 is 13.9 Å². The van der Waals surface area contributed by atoms with Crippen molar-refractivity contribution in [2.75, 3.05) is 12.4 Å². The van der Waals surface area contributed by atoms with Gasteiger partial charge in [-0.15, -0.1) is 0 Å². The predicted molar refractivity (Wildman–Crippen MR) is 58.2 cm³/mol. The van der Waals surface area contributed by atoms with Gasteiger partial charge in [0.15, 0.2) is 5.11 Å². The van der Waals surface area contributed by atoms with Crippen molar-refractivity contribution in [2.45, 2.75) is 0 Å². The molecule has 1 amide bonds. The Balaban J connectivity index is 2.51. The number of thiocarbonyl (C=S) groups is 1. The fourth-order valence-corrected chi connectivity index (χ4v) is 1.04. The number of hydrogen-bond acceptors (Lipinski definition) is 3. The number of benzene rings is 1. The third kappa shape index (κ3) is 3.90. The molecular weight excluding hydrogens is 219 g/mol. The first-order chi connectivity index (χ1) is 7.11. The van der Waals surface area contributed by atoms with Crippen LogP contribution in [0.1, 0.15) is 0 Å². The van der Waals surface area contributed by atoms with Crippen LogP contribution in [0.25, 0.3) is 0 Å². The molecule has 0 saturated heterocycles. The van der Waals surface area contributed by atoms with Crippen LogP contribution in [0.5, 0.6) is 0 Å². The van der Waals surface area contributed by atoms with Gasteiger partial charge in [0.1, 0.15) is 5.82 Å². The number of amides is 1. The molecule has 0 aromatic heterocycles. The van der Waals surface area contributed by atoms with Gasteiger partial charge in [-0.1, -0.05) is 0 Å². The van der Waals surface area contributed by atoms with Gasteiger partial charge in [-0.05, 0) is 36.5 Å². The van der Waals surface area contributed by atoms with Crippen LogP contribution in [0.3, 0.4) is 0 Å². The molecular formula is C9H9FN2O2S. The highest BCUT2D eigenvalue weighted by molar-refractivity contribution is 7.80. The summed E-state index contributed by atoms with van der Waals surface area (Å²) >= 11 is 4.79. The zero-order chi connectivity index (χ0) is 11.3. The predicted octanol–water partition coefficient (Wildman–Crippen LogP) is 1.88. The molecule has 15 heavy (non-hydrogen) atoms. The molecule has 0 unspecified atom stereocenters. The Labute approximate surface area is 91.4 Å². The van der Waals surface area contributed by atoms with E-state index in [1.807, 2.05) is 0 Å². The van der Waals surface area contributed by atoms with Crippen LogP contribution in [0.15, 0.2) is 24.3 Å². The normalized spacial score (nSPS) is 9.20. The number of carbonyl (C=O) groups excluding carboxylic acids is 1. The lowest BCUT2D eigenvalue weighted by molar-refractivity contribution is 0.177. The van der Waals surface area contributed by atoms with Crippen molar-refractivity contribution in [3.05, 3.63) is 30.1 Å². The number of alkyl carbamates (subject to hydrolysis) is 1. The van der Waals surface area contributed by atoms with Gasteiger partial charge in [-0.3, -0.25) is 5.32 Å². The van der Waals surface area contributed by atoms with Crippen molar-refractivity contribution >= 4 is 29.1 Å². The van der Waals surface area contributed by atoms with E-state index in [0.29, 0.717) is 5.69 Å². The fraction of sp³-hybridized carbons (Fsp3) is 0.111. The number of halogens is 1. The van der Waals surface area contributed by atoms with Crippen LogP contribution in [0.4, 0.5) is 14.9 Å². The Morgan fingerprint density at radius 3 is 2.53 bits per heavy atom. The van der Waals surface area contributed by atoms with Crippen molar-refractivity contribution in [1.29, 1.82) is 0 Å². The van der Waals surface area contributed by atoms with E-state index in [1.165, 1.54) is 31.4 Å². The largest absolute Gasteiger partial charge is 0.453 e. The summed E-state index contributed by atoms with van der Waals surface area (Å²) in [6, 6.07) is 5.56. The minimum absolute atomic E-state index is 0.0912. The van der Waals surface area contributed by atoms with Crippen LogP contribution in [0.2, 0.25) is 0 Å². The van der Waals surface area contributed by atoms with Gasteiger partial charge >= 0.3 is 6.09 Å². The fourth-order valence-electron chi connectivity index (χ4n) is 0.839. The van der Waals surface area contributed by atoms with E-state index >= 15 is 0 Å². The highest BCUT2D eigenvalue weighted by atomic mass is 32.1. The summed E-state index contributed by atoms with van der Waals surface area (Å²) in [4.78, 5) is 10.7. The van der Waals surface area contributed by atoms with Gasteiger partial charge in [0.25, 0.3) is 0 Å². The molecule has 2 N–H and O–H groups in total. The first-order valence-corrected chi connectivity index (χ1v) is 4.44. The molecule has 6 heteroatoms. The molecule has 1 aromatic rings. The first kappa shape index (κ1) is 11.4. The van der Waals surface area contributed by atoms with E-state index in [4.69, 9.17) is 12.2 Å². The van der Waals surface area contributed by atoms with Crippen LogP contribution < -0.4 is 10.6 Å². The van der Waals surface area contributed by atoms with Crippen LogP contribution >= 0.6 is 12.2 Å². The number of carbonyl (C=O) groups is 1. The molecule has 0 aliphatic heterocycles. The number of ether oxygens (including phenoxy) is 1. The number of hydrogen-bond donors (Lipinski definition) is 2. The highest BCUT2D eigenvalue weighted by Crippen LogP contribution is 2.07. The highest BCUT2D eigenvalue weighted by Gasteiger charge is 2.03. The third-order valence-electron chi connectivity index (χ3n) is 1.50. The van der Waals surface area contributed by atoms with E-state index < -0.39 is 6.09 Å². The van der Waals surface area contributed by atoms with Gasteiger partial charge in [0, 0.05) is 5.69 Å². The van der Waals surface area contributed by atoms with E-state index in [0.717, 1.165) is 0 Å². The van der Waals surface area contributed by atoms with Gasteiger partial charge in [0.2, 0.25) is 0 Å². The molecule has 0 bridgehead atoms. The molecule has 4 nitrogen and oxygen atoms in total. The Morgan fingerprint density at radius 2 is 2.00 bits per heavy atom. The SMILES string of the molecule is COC(=O)NC(=S)Nc1ccc(F)cc1. The van der Waals surface area contributed by atoms with E-state index in [-0.39, 0.29) is 10.9 Å². The van der Waals surface area contributed by atoms with Gasteiger partial charge in [0.05, 0.1) is 7.11 Å².